The first kappa shape index (κ1) is 27.2. The van der Waals surface area contributed by atoms with Crippen molar-refractivity contribution in [2.24, 2.45) is 16.9 Å². The largest absolute Gasteiger partial charge is 0.497 e. The highest BCUT2D eigenvalue weighted by molar-refractivity contribution is 6.30. The lowest BCUT2D eigenvalue weighted by molar-refractivity contribution is -0.134. The highest BCUT2D eigenvalue weighted by atomic mass is 35.5. The van der Waals surface area contributed by atoms with Gasteiger partial charge < -0.3 is 14.8 Å². The van der Waals surface area contributed by atoms with Crippen molar-refractivity contribution in [2.75, 3.05) is 12.4 Å². The zero-order valence-corrected chi connectivity index (χ0v) is 21.5. The van der Waals surface area contributed by atoms with Crippen LogP contribution in [0.5, 0.6) is 11.5 Å². The monoisotopic (exact) mass is 518 g/mol. The highest BCUT2D eigenvalue weighted by Crippen LogP contribution is 2.23. The Kier molecular flexibility index (Phi) is 9.64. The number of ether oxygens (including phenoxy) is 2. The lowest BCUT2D eigenvalue weighted by Crippen LogP contribution is -2.39. The minimum absolute atomic E-state index is 0.265. The average molecular weight is 519 g/mol. The van der Waals surface area contributed by atoms with Gasteiger partial charge in [0.05, 0.1) is 25.0 Å². The lowest BCUT2D eigenvalue weighted by atomic mass is 9.94. The van der Waals surface area contributed by atoms with E-state index in [1.807, 2.05) is 12.1 Å². The van der Waals surface area contributed by atoms with E-state index in [2.05, 4.69) is 21.9 Å². The number of amides is 2. The first-order valence-electron chi connectivity index (χ1n) is 11.5. The van der Waals surface area contributed by atoms with Crippen LogP contribution in [0.3, 0.4) is 0 Å². The van der Waals surface area contributed by atoms with Gasteiger partial charge in [-0.1, -0.05) is 37.6 Å². The number of carbonyl (C=O) groups is 2. The number of halogens is 1. The number of nitriles is 1. The van der Waals surface area contributed by atoms with Crippen LogP contribution in [-0.4, -0.2) is 25.1 Å². The van der Waals surface area contributed by atoms with Crippen molar-refractivity contribution < 1.29 is 19.1 Å². The van der Waals surface area contributed by atoms with E-state index in [0.29, 0.717) is 33.3 Å². The summed E-state index contributed by atoms with van der Waals surface area (Å²) in [6.07, 6.45) is 1.41. The summed E-state index contributed by atoms with van der Waals surface area (Å²) in [5.41, 5.74) is 5.00. The lowest BCUT2D eigenvalue weighted by Gasteiger charge is -2.18. The Morgan fingerprint density at radius 2 is 1.76 bits per heavy atom. The molecule has 3 rings (SSSR count). The molecule has 0 saturated heterocycles. The second-order valence-corrected chi connectivity index (χ2v) is 8.89. The summed E-state index contributed by atoms with van der Waals surface area (Å²) in [4.78, 5) is 25.7. The quantitative estimate of drug-likeness (QED) is 0.219. The molecule has 190 valence electrons. The SMILES string of the molecule is COc1ccc(NC(=O)C(C(=O)NN=Cc2cc(Cl)ccc2OCc2ccc(C#N)cc2)C(C)C)cc1. The van der Waals surface area contributed by atoms with Crippen molar-refractivity contribution in [3.8, 4) is 17.6 Å². The maximum absolute atomic E-state index is 12.8. The summed E-state index contributed by atoms with van der Waals surface area (Å²) in [5, 5.41) is 16.2. The Labute approximate surface area is 220 Å². The molecule has 0 aromatic heterocycles. The Bertz CT molecular complexity index is 1300. The van der Waals surface area contributed by atoms with E-state index in [9.17, 15) is 9.59 Å². The van der Waals surface area contributed by atoms with Gasteiger partial charge in [0, 0.05) is 16.3 Å². The number of hydrogen-bond donors (Lipinski definition) is 2. The van der Waals surface area contributed by atoms with Crippen LogP contribution >= 0.6 is 11.6 Å². The maximum atomic E-state index is 12.8. The van der Waals surface area contributed by atoms with E-state index in [4.69, 9.17) is 26.3 Å². The first-order valence-corrected chi connectivity index (χ1v) is 11.9. The molecular formula is C28H27ClN4O4. The van der Waals surface area contributed by atoms with Crippen molar-refractivity contribution in [3.63, 3.8) is 0 Å². The Morgan fingerprint density at radius 3 is 2.38 bits per heavy atom. The van der Waals surface area contributed by atoms with Gasteiger partial charge in [0.1, 0.15) is 24.0 Å². The third-order valence-corrected chi connectivity index (χ3v) is 5.65. The third-order valence-electron chi connectivity index (χ3n) is 5.42. The number of hydrogen-bond acceptors (Lipinski definition) is 6. The fraction of sp³-hybridized carbons (Fsp3) is 0.214. The first-order chi connectivity index (χ1) is 17.8. The molecule has 0 aliphatic heterocycles. The van der Waals surface area contributed by atoms with Crippen LogP contribution < -0.4 is 20.2 Å². The van der Waals surface area contributed by atoms with Crippen molar-refractivity contribution in [1.29, 1.82) is 5.26 Å². The molecule has 2 N–H and O–H groups in total. The standard InChI is InChI=1S/C28H27ClN4O4/c1-18(2)26(27(34)32-23-9-11-24(36-3)12-10-23)28(35)33-31-16-21-14-22(29)8-13-25(21)37-17-20-6-4-19(15-30)5-7-20/h4-14,16,18,26H,17H2,1-3H3,(H,32,34)(H,33,35). The van der Waals surface area contributed by atoms with Crippen molar-refractivity contribution in [1.82, 2.24) is 5.43 Å². The smallest absolute Gasteiger partial charge is 0.252 e. The fourth-order valence-corrected chi connectivity index (χ4v) is 3.62. The number of nitrogens with one attached hydrogen (secondary N) is 2. The summed E-state index contributed by atoms with van der Waals surface area (Å²) in [6.45, 7) is 3.84. The molecule has 2 amide bonds. The van der Waals surface area contributed by atoms with Crippen LogP contribution in [-0.2, 0) is 16.2 Å². The molecule has 0 fully saturated rings. The minimum Gasteiger partial charge on any atom is -0.497 e. The van der Waals surface area contributed by atoms with Gasteiger partial charge >= 0.3 is 0 Å². The van der Waals surface area contributed by atoms with Crippen molar-refractivity contribution >= 4 is 35.3 Å². The summed E-state index contributed by atoms with van der Waals surface area (Å²) >= 11 is 6.14. The number of hydrazone groups is 1. The van der Waals surface area contributed by atoms with Gasteiger partial charge in [-0.3, -0.25) is 9.59 Å². The molecule has 0 aliphatic rings. The number of benzene rings is 3. The second-order valence-electron chi connectivity index (χ2n) is 8.45. The molecule has 0 aliphatic carbocycles. The summed E-state index contributed by atoms with van der Waals surface area (Å²) in [5.74, 6) is -1.06. The van der Waals surface area contributed by atoms with E-state index < -0.39 is 17.7 Å². The van der Waals surface area contributed by atoms with Crippen LogP contribution in [0, 0.1) is 23.2 Å². The predicted octanol–water partition coefficient (Wildman–Crippen LogP) is 5.16. The Hall–Kier alpha value is -4.35. The van der Waals surface area contributed by atoms with Crippen LogP contribution in [0.4, 0.5) is 5.69 Å². The van der Waals surface area contributed by atoms with Gasteiger partial charge in [-0.25, -0.2) is 5.43 Å². The molecule has 0 spiro atoms. The van der Waals surface area contributed by atoms with Crippen molar-refractivity contribution in [3.05, 3.63) is 88.4 Å². The molecule has 1 unspecified atom stereocenters. The fourth-order valence-electron chi connectivity index (χ4n) is 3.44. The summed E-state index contributed by atoms with van der Waals surface area (Å²) in [7, 11) is 1.56. The Balaban J connectivity index is 1.65. The molecule has 3 aromatic carbocycles. The second kappa shape index (κ2) is 13.1. The zero-order valence-electron chi connectivity index (χ0n) is 20.7. The average Bonchev–Trinajstić information content (AvgIpc) is 2.89. The normalized spacial score (nSPS) is 11.6. The van der Waals surface area contributed by atoms with E-state index >= 15 is 0 Å². The molecular weight excluding hydrogens is 492 g/mol. The van der Waals surface area contributed by atoms with E-state index in [1.54, 1.807) is 75.6 Å². The van der Waals surface area contributed by atoms with E-state index in [-0.39, 0.29) is 12.5 Å². The van der Waals surface area contributed by atoms with Crippen LogP contribution in [0.25, 0.3) is 0 Å². The number of methoxy groups -OCH3 is 1. The Morgan fingerprint density at radius 1 is 1.05 bits per heavy atom. The summed E-state index contributed by atoms with van der Waals surface area (Å²) < 4.78 is 11.0. The number of rotatable bonds is 10. The molecule has 0 bridgehead atoms. The molecule has 1 atom stereocenters. The predicted molar refractivity (Wildman–Crippen MR) is 143 cm³/mol. The van der Waals surface area contributed by atoms with Gasteiger partial charge in [0.25, 0.3) is 5.91 Å². The van der Waals surface area contributed by atoms with Crippen LogP contribution in [0.15, 0.2) is 71.8 Å². The van der Waals surface area contributed by atoms with Crippen molar-refractivity contribution in [2.45, 2.75) is 20.5 Å². The molecule has 37 heavy (non-hydrogen) atoms. The van der Waals surface area contributed by atoms with Crippen LogP contribution in [0.2, 0.25) is 5.02 Å². The van der Waals surface area contributed by atoms with Gasteiger partial charge in [-0.15, -0.1) is 0 Å². The third kappa shape index (κ3) is 7.82. The van der Waals surface area contributed by atoms with Gasteiger partial charge in [-0.05, 0) is 66.1 Å². The summed E-state index contributed by atoms with van der Waals surface area (Å²) in [6, 6.07) is 21.0. The number of anilines is 1. The van der Waals surface area contributed by atoms with Crippen LogP contribution in [0.1, 0.15) is 30.5 Å². The van der Waals surface area contributed by atoms with Gasteiger partial charge in [0.2, 0.25) is 5.91 Å². The van der Waals surface area contributed by atoms with E-state index in [0.717, 1.165) is 5.56 Å². The molecule has 0 saturated carbocycles. The van der Waals surface area contributed by atoms with Gasteiger partial charge in [0.15, 0.2) is 0 Å². The molecule has 8 nitrogen and oxygen atoms in total. The maximum Gasteiger partial charge on any atom is 0.252 e. The molecule has 9 heteroatoms. The topological polar surface area (TPSA) is 113 Å². The highest BCUT2D eigenvalue weighted by Gasteiger charge is 2.30. The van der Waals surface area contributed by atoms with Gasteiger partial charge in [-0.2, -0.15) is 10.4 Å². The van der Waals surface area contributed by atoms with E-state index in [1.165, 1.54) is 6.21 Å². The number of carbonyl (C=O) groups excluding carboxylic acids is 2. The molecule has 3 aromatic rings. The molecule has 0 radical (unpaired) electrons. The minimum atomic E-state index is -0.967. The molecule has 0 heterocycles. The number of nitrogens with zero attached hydrogens (tertiary/aromatic N) is 2. The zero-order chi connectivity index (χ0) is 26.8.